The highest BCUT2D eigenvalue weighted by Gasteiger charge is 0.317. The molecule has 0 fully saturated rings. The van der Waals surface area contributed by atoms with Gasteiger partial charge in [0.25, 0.3) is 0 Å². The van der Waals surface area contributed by atoms with Crippen molar-refractivity contribution in [3.63, 3.8) is 0 Å². The Labute approximate surface area is 84.6 Å². The summed E-state index contributed by atoms with van der Waals surface area (Å²) in [4.78, 5) is 0. The molecule has 40 valence electrons. The fraction of sp³-hybridized carbons (Fsp3) is 0. The van der Waals surface area contributed by atoms with Crippen LogP contribution in [0.1, 0.15) is 0 Å². The molecule has 0 saturated heterocycles. The summed E-state index contributed by atoms with van der Waals surface area (Å²) in [5, 5.41) is 0. The zero-order chi connectivity index (χ0) is 0. The molecule has 0 saturated carbocycles. The third kappa shape index (κ3) is 35.3. The van der Waals surface area contributed by atoms with Crippen LogP contribution in [0.4, 0.5) is 0 Å². The summed E-state index contributed by atoms with van der Waals surface area (Å²) in [5.74, 6) is 0. The number of hydrogen-bond acceptors (Lipinski definition) is 2. The normalized spacial score (nSPS) is 0. The van der Waals surface area contributed by atoms with E-state index < -0.39 is 0 Å². The van der Waals surface area contributed by atoms with Crippen LogP contribution in [-0.2, 0) is 0 Å². The molecule has 0 unspecified atom stereocenters. The van der Waals surface area contributed by atoms with Crippen molar-refractivity contribution in [2.75, 3.05) is 0 Å². The maximum atomic E-state index is 0. The zero-order valence-corrected chi connectivity index (χ0v) is 4.41. The molecular formula is H14Mg2N2S2. The van der Waals surface area contributed by atoms with Crippen molar-refractivity contribution in [2.24, 2.45) is 0 Å². The second kappa shape index (κ2) is 58.4. The molecule has 0 spiro atoms. The lowest BCUT2D eigenvalue weighted by atomic mass is 14.0. The van der Waals surface area contributed by atoms with E-state index >= 15 is 0 Å². The van der Waals surface area contributed by atoms with Crippen LogP contribution in [0, 0.1) is 0 Å². The molecule has 0 aliphatic heterocycles. The first-order valence-corrected chi connectivity index (χ1v) is 0. The standard InChI is InChI=1S/2Mg.2H3N.2H2S.4H/h;;2*1H3;2*1H2;;;;. The van der Waals surface area contributed by atoms with E-state index in [1.165, 1.54) is 0 Å². The van der Waals surface area contributed by atoms with Gasteiger partial charge in [-0.3, -0.25) is 0 Å². The van der Waals surface area contributed by atoms with Gasteiger partial charge in [-0.25, -0.2) is 0 Å². The van der Waals surface area contributed by atoms with Gasteiger partial charge in [0.1, 0.15) is 0 Å². The van der Waals surface area contributed by atoms with Crippen LogP contribution in [0.2, 0.25) is 0 Å². The van der Waals surface area contributed by atoms with Crippen LogP contribution in [0.5, 0.6) is 0 Å². The monoisotopic (exact) mass is 154 g/mol. The highest BCUT2D eigenvalue weighted by molar-refractivity contribution is 7.59. The predicted octanol–water partition coefficient (Wildman–Crippen LogP) is -1.28. The van der Waals surface area contributed by atoms with Crippen LogP contribution in [-0.4, -0.2) is 46.1 Å². The lowest BCUT2D eigenvalue weighted by Gasteiger charge is -0.345. The quantitative estimate of drug-likeness (QED) is 0.427. The SMILES string of the molecule is N.N.S.S.[MgH2].[MgH2]. The molecule has 2 nitrogen and oxygen atoms in total. The number of hydrogen-bond donors (Lipinski definition) is 2. The van der Waals surface area contributed by atoms with E-state index in [0.29, 0.717) is 0 Å². The Bertz CT molecular complexity index is 9.51. The molecule has 0 bridgehead atoms. The molecule has 0 aromatic heterocycles. The van der Waals surface area contributed by atoms with Crippen LogP contribution < -0.4 is 12.3 Å². The van der Waals surface area contributed by atoms with Gasteiger partial charge in [-0.05, 0) is 0 Å². The minimum absolute atomic E-state index is 0. The summed E-state index contributed by atoms with van der Waals surface area (Å²) in [6, 6.07) is 0. The molecule has 0 heterocycles. The van der Waals surface area contributed by atoms with Gasteiger partial charge in [-0.15, -0.1) is 0 Å². The van der Waals surface area contributed by atoms with Gasteiger partial charge in [-0.2, -0.15) is 27.0 Å². The first-order valence-electron chi connectivity index (χ1n) is 0. The Morgan fingerprint density at radius 1 is 0.500 bits per heavy atom. The van der Waals surface area contributed by atoms with Gasteiger partial charge in [0.2, 0.25) is 0 Å². The van der Waals surface area contributed by atoms with E-state index in [4.69, 9.17) is 0 Å². The third-order valence-electron chi connectivity index (χ3n) is 0. The molecule has 0 aliphatic carbocycles. The lowest BCUT2D eigenvalue weighted by molar-refractivity contribution is 2.13. The smallest absolute Gasteiger partial charge is 0.316 e. The van der Waals surface area contributed by atoms with Gasteiger partial charge in [-0.1, -0.05) is 0 Å². The largest absolute Gasteiger partial charge is 0.344 e. The molecule has 6 heteroatoms. The van der Waals surface area contributed by atoms with Crippen LogP contribution in [0.15, 0.2) is 0 Å². The van der Waals surface area contributed by atoms with Crippen molar-refractivity contribution in [3.05, 3.63) is 0 Å². The van der Waals surface area contributed by atoms with Gasteiger partial charge in [0, 0.05) is 0 Å². The molecule has 6 heavy (non-hydrogen) atoms. The molecule has 0 aromatic rings. The van der Waals surface area contributed by atoms with E-state index in [-0.39, 0.29) is 85.4 Å². The minimum atomic E-state index is 0. The molecule has 0 rings (SSSR count). The summed E-state index contributed by atoms with van der Waals surface area (Å²) in [5.41, 5.74) is 0. The summed E-state index contributed by atoms with van der Waals surface area (Å²) in [7, 11) is 0. The summed E-state index contributed by atoms with van der Waals surface area (Å²) in [6.07, 6.45) is 0. The van der Waals surface area contributed by atoms with Crippen molar-refractivity contribution in [1.82, 2.24) is 12.3 Å². The highest BCUT2D eigenvalue weighted by atomic mass is 32.1. The van der Waals surface area contributed by atoms with Gasteiger partial charge < -0.3 is 12.3 Å². The van der Waals surface area contributed by atoms with E-state index in [1.54, 1.807) is 0 Å². The Hall–Kier alpha value is 2.15. The topological polar surface area (TPSA) is 70.0 Å². The van der Waals surface area contributed by atoms with Crippen molar-refractivity contribution >= 4 is 73.1 Å². The first kappa shape index (κ1) is 90.0. The molecule has 6 N–H and O–H groups in total. The van der Waals surface area contributed by atoms with Crippen molar-refractivity contribution in [3.8, 4) is 0 Å². The molecule has 0 aromatic carbocycles. The lowest BCUT2D eigenvalue weighted by Crippen LogP contribution is -0.482. The van der Waals surface area contributed by atoms with E-state index in [9.17, 15) is 0 Å². The molecule has 0 aliphatic rings. The van der Waals surface area contributed by atoms with Gasteiger partial charge >= 0.3 is 46.1 Å². The van der Waals surface area contributed by atoms with E-state index in [0.717, 1.165) is 0 Å². The highest BCUT2D eigenvalue weighted by Crippen LogP contribution is 0.649. The predicted molar refractivity (Wildman–Crippen MR) is 47.9 cm³/mol. The second-order valence-corrected chi connectivity index (χ2v) is 0. The van der Waals surface area contributed by atoms with Gasteiger partial charge in [0.05, 0.1) is 0 Å². The Kier molecular flexibility index (Phi) is 877. The van der Waals surface area contributed by atoms with Crippen molar-refractivity contribution in [2.45, 2.75) is 0 Å². The molecule has 0 amide bonds. The maximum Gasteiger partial charge on any atom is 0.316 e. The average Bonchev–Trinajstić information content (AvgIpc) is 0. The zero-order valence-electron chi connectivity index (χ0n) is 2.41. The molecule has 0 radical (unpaired) electrons. The Morgan fingerprint density at radius 2 is 0.500 bits per heavy atom. The first-order chi connectivity index (χ1) is 0. The Balaban J connectivity index is 0. The maximum absolute atomic E-state index is 0. The fourth-order valence-corrected chi connectivity index (χ4v) is 0. The fourth-order valence-electron chi connectivity index (χ4n) is 0. The van der Waals surface area contributed by atoms with Gasteiger partial charge in [0.15, 0.2) is 0 Å². The third-order valence-corrected chi connectivity index (χ3v) is 0. The number of rotatable bonds is 0. The average molecular weight is 155 g/mol. The molecular weight excluding hydrogens is 141 g/mol. The summed E-state index contributed by atoms with van der Waals surface area (Å²) in [6.45, 7) is 0. The summed E-state index contributed by atoms with van der Waals surface area (Å²) >= 11 is 0. The van der Waals surface area contributed by atoms with Crippen LogP contribution in [0.25, 0.3) is 0 Å². The molecule has 0 atom stereocenters. The van der Waals surface area contributed by atoms with Crippen molar-refractivity contribution in [1.29, 1.82) is 0 Å². The minimum Gasteiger partial charge on any atom is -0.344 e. The van der Waals surface area contributed by atoms with Crippen LogP contribution in [0.3, 0.4) is 0 Å². The van der Waals surface area contributed by atoms with E-state index in [2.05, 4.69) is 0 Å². The second-order valence-electron chi connectivity index (χ2n) is 0. The van der Waals surface area contributed by atoms with Crippen LogP contribution >= 0.6 is 27.0 Å². The Morgan fingerprint density at radius 3 is 0.500 bits per heavy atom. The van der Waals surface area contributed by atoms with Crippen molar-refractivity contribution < 1.29 is 0 Å². The van der Waals surface area contributed by atoms with E-state index in [1.807, 2.05) is 0 Å². The summed E-state index contributed by atoms with van der Waals surface area (Å²) < 4.78 is 0.